The van der Waals surface area contributed by atoms with Crippen molar-refractivity contribution >= 4 is 38.6 Å². The largest absolute Gasteiger partial charge is 0.334 e. The first-order valence-electron chi connectivity index (χ1n) is 19.8. The summed E-state index contributed by atoms with van der Waals surface area (Å²) in [5.74, 6) is 0. The molecule has 7 aromatic carbocycles. The summed E-state index contributed by atoms with van der Waals surface area (Å²) in [6.45, 7) is 4.77. The number of benzene rings is 7. The van der Waals surface area contributed by atoms with Gasteiger partial charge in [-0.05, 0) is 99.1 Å². The van der Waals surface area contributed by atoms with Gasteiger partial charge < -0.3 is 9.47 Å². The van der Waals surface area contributed by atoms with Crippen molar-refractivity contribution in [2.45, 2.75) is 44.6 Å². The molecule has 0 saturated heterocycles. The average molecular weight is 707 g/mol. The van der Waals surface area contributed by atoms with Gasteiger partial charge in [0.05, 0.1) is 17.2 Å². The van der Waals surface area contributed by atoms with Gasteiger partial charge in [-0.3, -0.25) is 0 Å². The fourth-order valence-corrected chi connectivity index (χ4v) is 10.0. The second kappa shape index (κ2) is 12.3. The van der Waals surface area contributed by atoms with E-state index in [2.05, 4.69) is 199 Å². The number of aromatic nitrogens is 1. The molecule has 0 aliphatic heterocycles. The van der Waals surface area contributed by atoms with Gasteiger partial charge in [-0.25, -0.2) is 0 Å². The molecule has 11 rings (SSSR count). The molecular weight excluding hydrogens is 665 g/mol. The molecule has 2 nitrogen and oxygen atoms in total. The van der Waals surface area contributed by atoms with Crippen molar-refractivity contribution in [3.63, 3.8) is 0 Å². The Morgan fingerprint density at radius 3 is 2.18 bits per heavy atom. The number of anilines is 2. The van der Waals surface area contributed by atoms with Crippen molar-refractivity contribution in [1.82, 2.24) is 4.57 Å². The number of hydrogen-bond donors (Lipinski definition) is 0. The zero-order valence-corrected chi connectivity index (χ0v) is 31.3. The lowest BCUT2D eigenvalue weighted by atomic mass is 9.81. The molecule has 0 saturated carbocycles. The standard InChI is InChI=1S/C53H42N2/c1-53(2)46-24-12-10-20-41(46)42-32-31-39(33-47(42)53)54(38-29-27-36(28-30-38)35-15-4-3-5-16-35)50-34-51-52(44-22-9-8-21-43(44)50)45-23-11-13-25-49(45)55(51)48-26-14-18-37-17-6-7-19-40(37)48/h3-4,6-15,17-33,50H,5,16,34H2,1-2H3. The molecule has 0 bridgehead atoms. The van der Waals surface area contributed by atoms with Crippen LogP contribution in [0, 0.1) is 0 Å². The number of fused-ring (bicyclic) bond motifs is 9. The van der Waals surface area contributed by atoms with Crippen LogP contribution in [0.25, 0.3) is 55.2 Å². The predicted octanol–water partition coefficient (Wildman–Crippen LogP) is 13.9. The highest BCUT2D eigenvalue weighted by atomic mass is 15.2. The van der Waals surface area contributed by atoms with Crippen molar-refractivity contribution in [2.75, 3.05) is 4.90 Å². The molecule has 3 aliphatic rings. The molecule has 0 amide bonds. The maximum absolute atomic E-state index is 2.64. The van der Waals surface area contributed by atoms with Gasteiger partial charge in [-0.15, -0.1) is 0 Å². The topological polar surface area (TPSA) is 8.17 Å². The SMILES string of the molecule is CC1(C)c2ccccc2-c2ccc(N(c3ccc(C4=CC=CCC4)cc3)C3Cc4c(c5ccccc5n4-c4cccc5ccccc45)-c4ccccc43)cc21. The van der Waals surface area contributed by atoms with Crippen LogP contribution in [0.5, 0.6) is 0 Å². The second-order valence-corrected chi connectivity index (χ2v) is 16.0. The Kier molecular flexibility index (Phi) is 7.19. The third-order valence-corrected chi connectivity index (χ3v) is 12.6. The second-order valence-electron chi connectivity index (χ2n) is 16.0. The number of nitrogens with zero attached hydrogens (tertiary/aromatic N) is 2. The quantitative estimate of drug-likeness (QED) is 0.173. The lowest BCUT2D eigenvalue weighted by molar-refractivity contribution is 0.652. The van der Waals surface area contributed by atoms with Gasteiger partial charge >= 0.3 is 0 Å². The molecule has 0 radical (unpaired) electrons. The third-order valence-electron chi connectivity index (χ3n) is 12.6. The van der Waals surface area contributed by atoms with E-state index in [1.165, 1.54) is 94.5 Å². The Labute approximate surface area is 323 Å². The van der Waals surface area contributed by atoms with E-state index < -0.39 is 0 Å². The van der Waals surface area contributed by atoms with E-state index in [1.807, 2.05) is 0 Å². The lowest BCUT2D eigenvalue weighted by Crippen LogP contribution is -2.29. The highest BCUT2D eigenvalue weighted by Gasteiger charge is 2.38. The molecule has 0 fully saturated rings. The van der Waals surface area contributed by atoms with E-state index in [-0.39, 0.29) is 11.5 Å². The Morgan fingerprint density at radius 2 is 1.33 bits per heavy atom. The monoisotopic (exact) mass is 706 g/mol. The minimum atomic E-state index is -0.100. The van der Waals surface area contributed by atoms with Crippen LogP contribution in [-0.2, 0) is 11.8 Å². The molecule has 1 unspecified atom stereocenters. The van der Waals surface area contributed by atoms with Crippen LogP contribution in [-0.4, -0.2) is 4.57 Å². The number of para-hydroxylation sites is 1. The molecule has 0 spiro atoms. The van der Waals surface area contributed by atoms with Gasteiger partial charge in [0.2, 0.25) is 0 Å². The van der Waals surface area contributed by atoms with E-state index in [4.69, 9.17) is 0 Å². The fourth-order valence-electron chi connectivity index (χ4n) is 10.0. The van der Waals surface area contributed by atoms with Crippen molar-refractivity contribution in [3.05, 3.63) is 204 Å². The zero-order chi connectivity index (χ0) is 36.7. The van der Waals surface area contributed by atoms with E-state index in [0.717, 1.165) is 19.3 Å². The number of rotatable bonds is 5. The highest BCUT2D eigenvalue weighted by Crippen LogP contribution is 2.53. The van der Waals surface area contributed by atoms with Crippen LogP contribution >= 0.6 is 0 Å². The smallest absolute Gasteiger partial charge is 0.0652 e. The molecule has 8 aromatic rings. The Bertz CT molecular complexity index is 2880. The van der Waals surface area contributed by atoms with E-state index in [9.17, 15) is 0 Å². The van der Waals surface area contributed by atoms with Gasteiger partial charge in [-0.1, -0.05) is 153 Å². The van der Waals surface area contributed by atoms with E-state index >= 15 is 0 Å². The minimum Gasteiger partial charge on any atom is -0.334 e. The van der Waals surface area contributed by atoms with Crippen LogP contribution in [0.15, 0.2) is 176 Å². The van der Waals surface area contributed by atoms with Crippen molar-refractivity contribution in [1.29, 1.82) is 0 Å². The Hall–Kier alpha value is -6.38. The summed E-state index contributed by atoms with van der Waals surface area (Å²) < 4.78 is 2.57. The molecule has 55 heavy (non-hydrogen) atoms. The maximum atomic E-state index is 2.64. The van der Waals surface area contributed by atoms with Crippen LogP contribution < -0.4 is 4.90 Å². The molecule has 1 atom stereocenters. The van der Waals surface area contributed by atoms with E-state index in [1.54, 1.807) is 0 Å². The molecule has 1 aromatic heterocycles. The average Bonchev–Trinajstić information content (AvgIpc) is 3.69. The molecular formula is C53H42N2. The summed E-state index contributed by atoms with van der Waals surface area (Å²) in [4.78, 5) is 2.64. The normalized spacial score (nSPS) is 16.3. The molecule has 0 N–H and O–H groups in total. The van der Waals surface area contributed by atoms with Crippen LogP contribution in [0.1, 0.15) is 60.7 Å². The summed E-state index contributed by atoms with van der Waals surface area (Å²) >= 11 is 0. The summed E-state index contributed by atoms with van der Waals surface area (Å²) in [7, 11) is 0. The first-order chi connectivity index (χ1) is 27.1. The Balaban J connectivity index is 1.15. The van der Waals surface area contributed by atoms with Gasteiger partial charge in [0.25, 0.3) is 0 Å². The van der Waals surface area contributed by atoms with Crippen molar-refractivity contribution in [3.8, 4) is 27.9 Å². The molecule has 1 heterocycles. The first kappa shape index (κ1) is 32.1. The van der Waals surface area contributed by atoms with E-state index in [0.29, 0.717) is 0 Å². The fraction of sp³-hybridized carbons (Fsp3) is 0.132. The Morgan fingerprint density at radius 1 is 0.618 bits per heavy atom. The minimum absolute atomic E-state index is 0.0503. The predicted molar refractivity (Wildman–Crippen MR) is 232 cm³/mol. The highest BCUT2D eigenvalue weighted by molar-refractivity contribution is 6.03. The van der Waals surface area contributed by atoms with Gasteiger partial charge in [-0.2, -0.15) is 0 Å². The third kappa shape index (κ3) is 4.87. The zero-order valence-electron chi connectivity index (χ0n) is 31.3. The van der Waals surface area contributed by atoms with Crippen molar-refractivity contribution < 1.29 is 0 Å². The molecule has 3 aliphatic carbocycles. The van der Waals surface area contributed by atoms with Crippen LogP contribution in [0.4, 0.5) is 11.4 Å². The van der Waals surface area contributed by atoms with Crippen molar-refractivity contribution in [2.24, 2.45) is 0 Å². The van der Waals surface area contributed by atoms with Gasteiger partial charge in [0.15, 0.2) is 0 Å². The van der Waals surface area contributed by atoms with Crippen LogP contribution in [0.2, 0.25) is 0 Å². The molecule has 264 valence electrons. The van der Waals surface area contributed by atoms with Gasteiger partial charge in [0, 0.05) is 45.2 Å². The maximum Gasteiger partial charge on any atom is 0.0652 e. The first-order valence-corrected chi connectivity index (χ1v) is 19.8. The lowest BCUT2D eigenvalue weighted by Gasteiger charge is -2.39. The summed E-state index contributed by atoms with van der Waals surface area (Å²) in [5.41, 5.74) is 18.4. The summed E-state index contributed by atoms with van der Waals surface area (Å²) in [6, 6.07) is 59.4. The number of hydrogen-bond acceptors (Lipinski definition) is 1. The summed E-state index contributed by atoms with van der Waals surface area (Å²) in [5, 5.41) is 3.83. The summed E-state index contributed by atoms with van der Waals surface area (Å²) in [6.07, 6.45) is 9.77. The number of allylic oxidation sites excluding steroid dienone is 4. The van der Waals surface area contributed by atoms with Crippen LogP contribution in [0.3, 0.4) is 0 Å². The molecule has 2 heteroatoms. The van der Waals surface area contributed by atoms with Gasteiger partial charge in [0.1, 0.15) is 0 Å².